The van der Waals surface area contributed by atoms with Crippen molar-refractivity contribution < 1.29 is 9.90 Å². The molecular formula is C6H9BrN2O2. The molecule has 1 atom stereocenters. The summed E-state index contributed by atoms with van der Waals surface area (Å²) in [5, 5.41) is 10.4. The molecule has 0 spiro atoms. The van der Waals surface area contributed by atoms with Crippen LogP contribution in [0.15, 0.2) is 11.8 Å². The number of carbonyl (C=O) groups is 1. The Morgan fingerprint density at radius 3 is 2.64 bits per heavy atom. The summed E-state index contributed by atoms with van der Waals surface area (Å²) in [7, 11) is 1.76. The molecule has 0 aromatic heterocycles. The predicted molar refractivity (Wildman–Crippen MR) is 43.9 cm³/mol. The van der Waals surface area contributed by atoms with Gasteiger partial charge in [-0.15, -0.1) is 0 Å². The van der Waals surface area contributed by atoms with E-state index in [4.69, 9.17) is 5.11 Å². The number of halogens is 1. The Hall–Kier alpha value is -0.550. The van der Waals surface area contributed by atoms with Gasteiger partial charge in [-0.2, -0.15) is 0 Å². The molecule has 1 aliphatic heterocycles. The Morgan fingerprint density at radius 2 is 2.45 bits per heavy atom. The van der Waals surface area contributed by atoms with Gasteiger partial charge in [-0.1, -0.05) is 0 Å². The Bertz CT molecular complexity index is 229. The molecule has 11 heavy (non-hydrogen) atoms. The molecule has 1 aliphatic rings. The lowest BCUT2D eigenvalue weighted by Gasteiger charge is -2.19. The number of alkyl halides is 1. The molecule has 0 radical (unpaired) electrons. The average molecular weight is 221 g/mol. The van der Waals surface area contributed by atoms with Gasteiger partial charge in [-0.05, 0) is 28.9 Å². The lowest BCUT2D eigenvalue weighted by Crippen LogP contribution is -2.46. The van der Waals surface area contributed by atoms with Gasteiger partial charge in [-0.3, -0.25) is 0 Å². The molecule has 1 heterocycles. The van der Waals surface area contributed by atoms with Crippen molar-refractivity contribution in [2.75, 3.05) is 7.05 Å². The van der Waals surface area contributed by atoms with E-state index in [1.165, 1.54) is 0 Å². The summed E-state index contributed by atoms with van der Waals surface area (Å²) in [5.74, 6) is -0.943. The van der Waals surface area contributed by atoms with Crippen LogP contribution in [0.3, 0.4) is 0 Å². The molecule has 5 heteroatoms. The van der Waals surface area contributed by atoms with Gasteiger partial charge in [0.1, 0.15) is 0 Å². The Kier molecular flexibility index (Phi) is 1.94. The second-order valence-corrected chi connectivity index (χ2v) is 3.72. The lowest BCUT2D eigenvalue weighted by atomic mass is 10.3. The van der Waals surface area contributed by atoms with Crippen LogP contribution in [0, 0.1) is 0 Å². The molecule has 1 unspecified atom stereocenters. The number of aliphatic carboxylic acids is 1. The van der Waals surface area contributed by atoms with E-state index in [9.17, 15) is 4.79 Å². The predicted octanol–water partition coefficient (Wildman–Crippen LogP) is 0.516. The van der Waals surface area contributed by atoms with Crippen LogP contribution in [-0.4, -0.2) is 27.6 Å². The van der Waals surface area contributed by atoms with E-state index in [1.807, 2.05) is 6.92 Å². The van der Waals surface area contributed by atoms with Crippen LogP contribution < -0.4 is 5.43 Å². The maximum Gasteiger partial charge on any atom is 0.340 e. The van der Waals surface area contributed by atoms with Gasteiger partial charge in [0.2, 0.25) is 4.45 Å². The molecule has 0 aromatic carbocycles. The minimum absolute atomic E-state index is 0.879. The highest BCUT2D eigenvalue weighted by Gasteiger charge is 2.38. The Labute approximate surface area is 73.0 Å². The first kappa shape index (κ1) is 8.55. The molecule has 2 N–H and O–H groups in total. The van der Waals surface area contributed by atoms with Crippen molar-refractivity contribution in [2.45, 2.75) is 11.4 Å². The molecule has 1 rings (SSSR count). The lowest BCUT2D eigenvalue weighted by molar-refractivity contribution is -0.139. The fourth-order valence-electron chi connectivity index (χ4n) is 0.859. The second-order valence-electron chi connectivity index (χ2n) is 2.47. The van der Waals surface area contributed by atoms with Gasteiger partial charge in [0, 0.05) is 12.7 Å². The maximum absolute atomic E-state index is 10.6. The van der Waals surface area contributed by atoms with E-state index in [2.05, 4.69) is 21.4 Å². The van der Waals surface area contributed by atoms with E-state index >= 15 is 0 Å². The standard InChI is InChI=1S/C6H9BrN2O2/c1-4-3-6(7,5(10)11)8-9(4)2/h3,8H,1-2H3,(H,10,11). The van der Waals surface area contributed by atoms with Crippen LogP contribution in [0.25, 0.3) is 0 Å². The normalized spacial score (nSPS) is 30.5. The van der Waals surface area contributed by atoms with Gasteiger partial charge >= 0.3 is 5.97 Å². The summed E-state index contributed by atoms with van der Waals surface area (Å²) < 4.78 is -1.12. The van der Waals surface area contributed by atoms with Crippen LogP contribution in [0.4, 0.5) is 0 Å². The van der Waals surface area contributed by atoms with Crippen LogP contribution in [0.5, 0.6) is 0 Å². The third kappa shape index (κ3) is 1.39. The molecule has 0 saturated heterocycles. The Balaban J connectivity index is 2.88. The van der Waals surface area contributed by atoms with E-state index < -0.39 is 10.4 Å². The molecule has 0 bridgehead atoms. The first-order valence-electron chi connectivity index (χ1n) is 3.09. The highest BCUT2D eigenvalue weighted by atomic mass is 79.9. The van der Waals surface area contributed by atoms with Crippen molar-refractivity contribution in [3.8, 4) is 0 Å². The zero-order valence-corrected chi connectivity index (χ0v) is 7.84. The SMILES string of the molecule is CC1=CC(Br)(C(=O)O)NN1C. The average Bonchev–Trinajstić information content (AvgIpc) is 2.09. The number of nitrogens with zero attached hydrogens (tertiary/aromatic N) is 1. The number of hydrogen-bond acceptors (Lipinski definition) is 3. The number of hydrazine groups is 1. The number of carboxylic acids is 1. The van der Waals surface area contributed by atoms with Crippen molar-refractivity contribution >= 4 is 21.9 Å². The molecule has 0 fully saturated rings. The quantitative estimate of drug-likeness (QED) is 0.500. The maximum atomic E-state index is 10.6. The zero-order valence-electron chi connectivity index (χ0n) is 6.26. The minimum atomic E-state index is -1.12. The van der Waals surface area contributed by atoms with Gasteiger partial charge < -0.3 is 10.1 Å². The fraction of sp³-hybridized carbons (Fsp3) is 0.500. The number of nitrogens with one attached hydrogen (secondary N) is 1. The highest BCUT2D eigenvalue weighted by molar-refractivity contribution is 9.10. The molecule has 62 valence electrons. The zero-order chi connectivity index (χ0) is 8.65. The second kappa shape index (κ2) is 2.49. The van der Waals surface area contributed by atoms with Gasteiger partial charge in [-0.25, -0.2) is 10.2 Å². The largest absolute Gasteiger partial charge is 0.479 e. The highest BCUT2D eigenvalue weighted by Crippen LogP contribution is 2.25. The third-order valence-electron chi connectivity index (χ3n) is 1.58. The number of hydrogen-bond donors (Lipinski definition) is 2. The van der Waals surface area contributed by atoms with Gasteiger partial charge in [0.15, 0.2) is 0 Å². The van der Waals surface area contributed by atoms with Crippen molar-refractivity contribution in [3.63, 3.8) is 0 Å². The van der Waals surface area contributed by atoms with Crippen molar-refractivity contribution in [1.82, 2.24) is 10.4 Å². The third-order valence-corrected chi connectivity index (χ3v) is 2.32. The first-order chi connectivity index (χ1) is 4.96. The summed E-state index contributed by atoms with van der Waals surface area (Å²) in [6.07, 6.45) is 1.61. The molecular weight excluding hydrogens is 212 g/mol. The van der Waals surface area contributed by atoms with Crippen LogP contribution >= 0.6 is 15.9 Å². The van der Waals surface area contributed by atoms with Crippen LogP contribution in [0.2, 0.25) is 0 Å². The molecule has 0 saturated carbocycles. The summed E-state index contributed by atoms with van der Waals surface area (Å²) in [4.78, 5) is 10.6. The summed E-state index contributed by atoms with van der Waals surface area (Å²) in [5.41, 5.74) is 3.62. The summed E-state index contributed by atoms with van der Waals surface area (Å²) >= 11 is 3.06. The van der Waals surface area contributed by atoms with Crippen molar-refractivity contribution in [2.24, 2.45) is 0 Å². The van der Waals surface area contributed by atoms with Gasteiger partial charge in [0.05, 0.1) is 0 Å². The Morgan fingerprint density at radius 1 is 1.91 bits per heavy atom. The molecule has 0 aromatic rings. The van der Waals surface area contributed by atoms with Crippen molar-refractivity contribution in [3.05, 3.63) is 11.8 Å². The van der Waals surface area contributed by atoms with Crippen LogP contribution in [-0.2, 0) is 4.79 Å². The summed E-state index contributed by atoms with van der Waals surface area (Å²) in [6.45, 7) is 1.83. The van der Waals surface area contributed by atoms with E-state index in [0.717, 1.165) is 5.70 Å². The first-order valence-corrected chi connectivity index (χ1v) is 3.88. The topological polar surface area (TPSA) is 52.6 Å². The monoisotopic (exact) mass is 220 g/mol. The summed E-state index contributed by atoms with van der Waals surface area (Å²) in [6, 6.07) is 0. The van der Waals surface area contributed by atoms with E-state index in [-0.39, 0.29) is 0 Å². The van der Waals surface area contributed by atoms with Crippen LogP contribution in [0.1, 0.15) is 6.92 Å². The fourth-order valence-corrected chi connectivity index (χ4v) is 1.46. The number of allylic oxidation sites excluding steroid dienone is 1. The molecule has 4 nitrogen and oxygen atoms in total. The van der Waals surface area contributed by atoms with Crippen molar-refractivity contribution in [1.29, 1.82) is 0 Å². The minimum Gasteiger partial charge on any atom is -0.479 e. The smallest absolute Gasteiger partial charge is 0.340 e. The molecule has 0 aliphatic carbocycles. The van der Waals surface area contributed by atoms with Gasteiger partial charge in [0.25, 0.3) is 0 Å². The van der Waals surface area contributed by atoms with E-state index in [1.54, 1.807) is 18.1 Å². The van der Waals surface area contributed by atoms with E-state index in [0.29, 0.717) is 0 Å². The number of carboxylic acid groups (broad SMARTS) is 1. The number of rotatable bonds is 1. The molecule has 0 amide bonds.